The predicted octanol–water partition coefficient (Wildman–Crippen LogP) is 3.78. The van der Waals surface area contributed by atoms with Crippen molar-refractivity contribution < 1.29 is 4.79 Å². The van der Waals surface area contributed by atoms with E-state index in [0.717, 1.165) is 40.1 Å². The van der Waals surface area contributed by atoms with Gasteiger partial charge in [0, 0.05) is 28.8 Å². The molecule has 0 aromatic heterocycles. The topological polar surface area (TPSA) is 58.7 Å². The third-order valence-corrected chi connectivity index (χ3v) is 4.57. The molecule has 0 spiro atoms. The minimum Gasteiger partial charge on any atom is -0.399 e. The number of nitrogens with zero attached hydrogens (tertiary/aromatic N) is 2. The van der Waals surface area contributed by atoms with Gasteiger partial charge in [-0.1, -0.05) is 23.7 Å². The molecule has 1 heterocycles. The van der Waals surface area contributed by atoms with Crippen molar-refractivity contribution in [3.05, 3.63) is 63.7 Å². The van der Waals surface area contributed by atoms with Crippen LogP contribution in [-0.4, -0.2) is 22.7 Å². The van der Waals surface area contributed by atoms with E-state index < -0.39 is 0 Å². The van der Waals surface area contributed by atoms with Gasteiger partial charge in [0.2, 0.25) is 5.91 Å². The molecule has 2 N–H and O–H groups in total. The van der Waals surface area contributed by atoms with E-state index in [0.29, 0.717) is 5.02 Å². The molecule has 24 heavy (non-hydrogen) atoms. The van der Waals surface area contributed by atoms with Gasteiger partial charge in [-0.15, -0.1) is 0 Å². The Morgan fingerprint density at radius 1 is 1.29 bits per heavy atom. The number of halogens is 1. The number of rotatable bonds is 1. The van der Waals surface area contributed by atoms with E-state index in [1.165, 1.54) is 6.92 Å². The molecule has 0 bridgehead atoms. The molecule has 2 aromatic carbocycles. The molecule has 0 fully saturated rings. The van der Waals surface area contributed by atoms with Crippen LogP contribution in [0.4, 0.5) is 5.69 Å². The number of hydrazone groups is 1. The van der Waals surface area contributed by atoms with E-state index in [1.807, 2.05) is 50.2 Å². The van der Waals surface area contributed by atoms with Crippen molar-refractivity contribution in [2.45, 2.75) is 33.2 Å². The molecule has 0 unspecified atom stereocenters. The monoisotopic (exact) mass is 341 g/mol. The highest BCUT2D eigenvalue weighted by Crippen LogP contribution is 2.27. The van der Waals surface area contributed by atoms with E-state index >= 15 is 0 Å². The van der Waals surface area contributed by atoms with Crippen molar-refractivity contribution >= 4 is 28.9 Å². The summed E-state index contributed by atoms with van der Waals surface area (Å²) in [4.78, 5) is 12.1. The lowest BCUT2D eigenvalue weighted by atomic mass is 9.94. The van der Waals surface area contributed by atoms with Gasteiger partial charge >= 0.3 is 0 Å². The van der Waals surface area contributed by atoms with E-state index in [4.69, 9.17) is 17.3 Å². The van der Waals surface area contributed by atoms with Crippen molar-refractivity contribution in [3.8, 4) is 0 Å². The lowest BCUT2D eigenvalue weighted by Gasteiger charge is -2.21. The quantitative estimate of drug-likeness (QED) is 0.802. The molecule has 0 aliphatic carbocycles. The molecule has 1 aliphatic rings. The summed E-state index contributed by atoms with van der Waals surface area (Å²) in [6, 6.07) is 11.6. The van der Waals surface area contributed by atoms with Gasteiger partial charge in [-0.25, -0.2) is 5.01 Å². The van der Waals surface area contributed by atoms with Crippen LogP contribution in [0.15, 0.2) is 41.5 Å². The van der Waals surface area contributed by atoms with Crippen LogP contribution < -0.4 is 5.73 Å². The maximum absolute atomic E-state index is 12.1. The van der Waals surface area contributed by atoms with E-state index in [9.17, 15) is 4.79 Å². The molecule has 4 nitrogen and oxygen atoms in total. The van der Waals surface area contributed by atoms with Gasteiger partial charge < -0.3 is 5.73 Å². The molecule has 2 aromatic rings. The highest BCUT2D eigenvalue weighted by molar-refractivity contribution is 6.31. The van der Waals surface area contributed by atoms with Crippen molar-refractivity contribution in [2.75, 3.05) is 5.73 Å². The van der Waals surface area contributed by atoms with Gasteiger partial charge in [-0.05, 0) is 55.7 Å². The molecular formula is C19H20ClN3O. The average molecular weight is 342 g/mol. The fraction of sp³-hybridized carbons (Fsp3) is 0.263. The number of fused-ring (bicyclic) bond motifs is 1. The lowest BCUT2D eigenvalue weighted by molar-refractivity contribution is -0.130. The van der Waals surface area contributed by atoms with Gasteiger partial charge in [-0.3, -0.25) is 4.79 Å². The minimum absolute atomic E-state index is 0.0187. The Kier molecular flexibility index (Phi) is 4.33. The minimum atomic E-state index is -0.0777. The Labute approximate surface area is 146 Å². The van der Waals surface area contributed by atoms with Gasteiger partial charge in [0.25, 0.3) is 0 Å². The molecular weight excluding hydrogens is 322 g/mol. The second-order valence-corrected chi connectivity index (χ2v) is 6.67. The zero-order valence-electron chi connectivity index (χ0n) is 14.0. The van der Waals surface area contributed by atoms with Gasteiger partial charge in [-0.2, -0.15) is 5.10 Å². The Bertz CT molecular complexity index is 845. The van der Waals surface area contributed by atoms with Crippen molar-refractivity contribution in [3.63, 3.8) is 0 Å². The Morgan fingerprint density at radius 2 is 2.04 bits per heavy atom. The largest absolute Gasteiger partial charge is 0.399 e. The van der Waals surface area contributed by atoms with E-state index in [1.54, 1.807) is 5.01 Å². The number of anilines is 1. The second-order valence-electron chi connectivity index (χ2n) is 6.24. The zero-order chi connectivity index (χ0) is 17.4. The average Bonchev–Trinajstić information content (AvgIpc) is 2.66. The van der Waals surface area contributed by atoms with Crippen LogP contribution in [0, 0.1) is 6.92 Å². The number of carbonyl (C=O) groups excluding carboxylic acids is 1. The summed E-state index contributed by atoms with van der Waals surface area (Å²) in [6.45, 7) is 5.50. The molecule has 0 saturated carbocycles. The summed E-state index contributed by atoms with van der Waals surface area (Å²) in [5.74, 6) is -0.0777. The first-order chi connectivity index (χ1) is 11.4. The number of nitrogens with two attached hydrogens (primary N) is 1. The SMILES string of the molecule is CC(=O)N1N=C(c2ccc(N)c(C)c2)c2cc(Cl)ccc2C[C@@H]1C. The Hall–Kier alpha value is -2.33. The third-order valence-electron chi connectivity index (χ3n) is 4.33. The summed E-state index contributed by atoms with van der Waals surface area (Å²) in [6.07, 6.45) is 0.729. The number of hydrogen-bond donors (Lipinski definition) is 1. The number of benzene rings is 2. The number of carbonyl (C=O) groups is 1. The Morgan fingerprint density at radius 3 is 2.71 bits per heavy atom. The Balaban J connectivity index is 2.25. The van der Waals surface area contributed by atoms with Crippen LogP contribution in [0.25, 0.3) is 0 Å². The van der Waals surface area contributed by atoms with E-state index in [2.05, 4.69) is 5.10 Å². The van der Waals surface area contributed by atoms with Crippen LogP contribution in [-0.2, 0) is 11.2 Å². The first-order valence-electron chi connectivity index (χ1n) is 7.90. The smallest absolute Gasteiger partial charge is 0.239 e. The highest BCUT2D eigenvalue weighted by Gasteiger charge is 2.25. The number of amides is 1. The van der Waals surface area contributed by atoms with Crippen molar-refractivity contribution in [1.82, 2.24) is 5.01 Å². The summed E-state index contributed by atoms with van der Waals surface area (Å²) in [5.41, 5.74) is 11.4. The molecule has 0 radical (unpaired) electrons. The second kappa shape index (κ2) is 6.29. The lowest BCUT2D eigenvalue weighted by Crippen LogP contribution is -2.33. The van der Waals surface area contributed by atoms with Crippen LogP contribution in [0.1, 0.15) is 36.1 Å². The first-order valence-corrected chi connectivity index (χ1v) is 8.28. The van der Waals surface area contributed by atoms with Crippen molar-refractivity contribution in [2.24, 2.45) is 5.10 Å². The van der Waals surface area contributed by atoms with Crippen LogP contribution in [0.5, 0.6) is 0 Å². The van der Waals surface area contributed by atoms with Crippen molar-refractivity contribution in [1.29, 1.82) is 0 Å². The summed E-state index contributed by atoms with van der Waals surface area (Å²) in [7, 11) is 0. The fourth-order valence-corrected chi connectivity index (χ4v) is 3.20. The number of aryl methyl sites for hydroxylation is 1. The molecule has 1 atom stereocenters. The summed E-state index contributed by atoms with van der Waals surface area (Å²) < 4.78 is 0. The standard InChI is InChI=1S/C19H20ClN3O/c1-11-8-15(5-7-18(11)21)19-17-10-16(20)6-4-14(17)9-12(2)23(22-19)13(3)24/h4-8,10,12H,9,21H2,1-3H3/t12-/m0/s1. The molecule has 5 heteroatoms. The van der Waals surface area contributed by atoms with E-state index in [-0.39, 0.29) is 11.9 Å². The molecule has 3 rings (SSSR count). The van der Waals surface area contributed by atoms with Gasteiger partial charge in [0.1, 0.15) is 0 Å². The van der Waals surface area contributed by atoms with Crippen LogP contribution >= 0.6 is 11.6 Å². The third kappa shape index (κ3) is 3.02. The molecule has 0 saturated heterocycles. The maximum atomic E-state index is 12.1. The highest BCUT2D eigenvalue weighted by atomic mass is 35.5. The first kappa shape index (κ1) is 16.5. The predicted molar refractivity (Wildman–Crippen MR) is 98.4 cm³/mol. The summed E-state index contributed by atoms with van der Waals surface area (Å²) >= 11 is 6.22. The molecule has 1 aliphatic heterocycles. The fourth-order valence-electron chi connectivity index (χ4n) is 3.03. The number of nitrogen functional groups attached to an aromatic ring is 1. The summed E-state index contributed by atoms with van der Waals surface area (Å²) in [5, 5.41) is 6.88. The maximum Gasteiger partial charge on any atom is 0.239 e. The number of hydrogen-bond acceptors (Lipinski definition) is 3. The van der Waals surface area contributed by atoms with Crippen LogP contribution in [0.2, 0.25) is 5.02 Å². The zero-order valence-corrected chi connectivity index (χ0v) is 14.8. The molecule has 1 amide bonds. The normalized spacial score (nSPS) is 17.1. The molecule has 124 valence electrons. The van der Waals surface area contributed by atoms with Gasteiger partial charge in [0.05, 0.1) is 11.8 Å². The van der Waals surface area contributed by atoms with Crippen LogP contribution in [0.3, 0.4) is 0 Å². The van der Waals surface area contributed by atoms with Gasteiger partial charge in [0.15, 0.2) is 0 Å².